The SMILES string of the molecule is CCCNC(C1CCCC(C)C1)C1(C)CCCCC1. The minimum Gasteiger partial charge on any atom is -0.313 e. The molecule has 3 unspecified atom stereocenters. The summed E-state index contributed by atoms with van der Waals surface area (Å²) in [6.07, 6.45) is 14.5. The summed E-state index contributed by atoms with van der Waals surface area (Å²) in [4.78, 5) is 0. The van der Waals surface area contributed by atoms with Gasteiger partial charge in [0.2, 0.25) is 0 Å². The van der Waals surface area contributed by atoms with Crippen molar-refractivity contribution >= 4 is 0 Å². The van der Waals surface area contributed by atoms with Crippen molar-refractivity contribution in [1.29, 1.82) is 0 Å². The van der Waals surface area contributed by atoms with Gasteiger partial charge in [-0.05, 0) is 55.9 Å². The maximum Gasteiger partial charge on any atom is 0.0149 e. The van der Waals surface area contributed by atoms with Crippen molar-refractivity contribution in [1.82, 2.24) is 5.32 Å². The Morgan fingerprint density at radius 3 is 2.47 bits per heavy atom. The predicted octanol–water partition coefficient (Wildman–Crippen LogP) is 5.15. The first-order valence-electron chi connectivity index (χ1n) is 8.89. The van der Waals surface area contributed by atoms with Crippen LogP contribution in [-0.4, -0.2) is 12.6 Å². The smallest absolute Gasteiger partial charge is 0.0149 e. The van der Waals surface area contributed by atoms with E-state index in [1.165, 1.54) is 70.8 Å². The zero-order chi connectivity index (χ0) is 13.7. The molecule has 1 heteroatoms. The lowest BCUT2D eigenvalue weighted by Gasteiger charge is -2.47. The Labute approximate surface area is 120 Å². The molecule has 0 aromatic heterocycles. The van der Waals surface area contributed by atoms with E-state index in [1.807, 2.05) is 0 Å². The molecule has 112 valence electrons. The van der Waals surface area contributed by atoms with Gasteiger partial charge >= 0.3 is 0 Å². The van der Waals surface area contributed by atoms with Crippen LogP contribution in [-0.2, 0) is 0 Å². The minimum atomic E-state index is 0.579. The van der Waals surface area contributed by atoms with Crippen LogP contribution in [0.15, 0.2) is 0 Å². The summed E-state index contributed by atoms with van der Waals surface area (Å²) in [5, 5.41) is 3.97. The van der Waals surface area contributed by atoms with E-state index in [4.69, 9.17) is 0 Å². The summed E-state index contributed by atoms with van der Waals surface area (Å²) in [6.45, 7) is 8.56. The lowest BCUT2D eigenvalue weighted by Crippen LogP contribution is -2.50. The fraction of sp³-hybridized carbons (Fsp3) is 1.00. The Morgan fingerprint density at radius 2 is 1.84 bits per heavy atom. The minimum absolute atomic E-state index is 0.579. The summed E-state index contributed by atoms with van der Waals surface area (Å²) in [5.74, 6) is 1.90. The fourth-order valence-corrected chi connectivity index (χ4v) is 4.74. The molecule has 2 aliphatic carbocycles. The highest BCUT2D eigenvalue weighted by Crippen LogP contribution is 2.45. The van der Waals surface area contributed by atoms with Gasteiger partial charge < -0.3 is 5.32 Å². The lowest BCUT2D eigenvalue weighted by molar-refractivity contribution is 0.0756. The van der Waals surface area contributed by atoms with Crippen LogP contribution in [0.1, 0.15) is 85.0 Å². The first-order valence-corrected chi connectivity index (χ1v) is 8.89. The van der Waals surface area contributed by atoms with Gasteiger partial charge in [0.25, 0.3) is 0 Å². The van der Waals surface area contributed by atoms with Crippen molar-refractivity contribution in [3.05, 3.63) is 0 Å². The van der Waals surface area contributed by atoms with Crippen LogP contribution >= 0.6 is 0 Å². The maximum atomic E-state index is 3.97. The molecule has 2 saturated carbocycles. The molecule has 0 radical (unpaired) electrons. The molecule has 0 spiro atoms. The van der Waals surface area contributed by atoms with Crippen molar-refractivity contribution < 1.29 is 0 Å². The fourth-order valence-electron chi connectivity index (χ4n) is 4.74. The van der Waals surface area contributed by atoms with Crippen molar-refractivity contribution in [2.24, 2.45) is 17.3 Å². The zero-order valence-electron chi connectivity index (χ0n) is 13.5. The Bertz CT molecular complexity index is 254. The lowest BCUT2D eigenvalue weighted by atomic mass is 9.63. The highest BCUT2D eigenvalue weighted by Gasteiger charge is 2.40. The summed E-state index contributed by atoms with van der Waals surface area (Å²) in [7, 11) is 0. The number of nitrogens with one attached hydrogen (secondary N) is 1. The van der Waals surface area contributed by atoms with Crippen LogP contribution in [0.5, 0.6) is 0 Å². The molecule has 0 aromatic rings. The molecular formula is C18H35N. The molecular weight excluding hydrogens is 230 g/mol. The number of rotatable bonds is 5. The first-order chi connectivity index (χ1) is 9.15. The third-order valence-corrected chi connectivity index (χ3v) is 5.81. The maximum absolute atomic E-state index is 3.97. The molecule has 0 heterocycles. The molecule has 2 aliphatic rings. The Morgan fingerprint density at radius 1 is 1.11 bits per heavy atom. The van der Waals surface area contributed by atoms with Gasteiger partial charge in [0.15, 0.2) is 0 Å². The van der Waals surface area contributed by atoms with E-state index in [0.29, 0.717) is 5.41 Å². The molecule has 0 saturated heterocycles. The van der Waals surface area contributed by atoms with E-state index in [9.17, 15) is 0 Å². The van der Waals surface area contributed by atoms with Crippen molar-refractivity contribution in [2.75, 3.05) is 6.54 Å². The monoisotopic (exact) mass is 265 g/mol. The second-order valence-electron chi connectivity index (χ2n) is 7.68. The first kappa shape index (κ1) is 15.4. The van der Waals surface area contributed by atoms with Gasteiger partial charge in [-0.2, -0.15) is 0 Å². The van der Waals surface area contributed by atoms with Crippen LogP contribution < -0.4 is 5.32 Å². The topological polar surface area (TPSA) is 12.0 Å². The van der Waals surface area contributed by atoms with Crippen LogP contribution in [0, 0.1) is 17.3 Å². The largest absolute Gasteiger partial charge is 0.313 e. The molecule has 19 heavy (non-hydrogen) atoms. The second-order valence-corrected chi connectivity index (χ2v) is 7.68. The van der Waals surface area contributed by atoms with Gasteiger partial charge in [0.1, 0.15) is 0 Å². The summed E-state index contributed by atoms with van der Waals surface area (Å²) < 4.78 is 0. The van der Waals surface area contributed by atoms with Crippen LogP contribution in [0.2, 0.25) is 0 Å². The van der Waals surface area contributed by atoms with E-state index >= 15 is 0 Å². The standard InChI is InChI=1S/C18H35N/c1-4-13-19-17(16-10-8-9-15(2)14-16)18(3)11-6-5-7-12-18/h15-17,19H,4-14H2,1-3H3. The van der Waals surface area contributed by atoms with Crippen LogP contribution in [0.3, 0.4) is 0 Å². The Hall–Kier alpha value is -0.0400. The zero-order valence-corrected chi connectivity index (χ0v) is 13.5. The molecule has 1 N–H and O–H groups in total. The normalized spacial score (nSPS) is 33.0. The van der Waals surface area contributed by atoms with Crippen molar-refractivity contribution in [2.45, 2.75) is 91.0 Å². The van der Waals surface area contributed by atoms with Gasteiger partial charge in [-0.25, -0.2) is 0 Å². The van der Waals surface area contributed by atoms with Gasteiger partial charge in [-0.15, -0.1) is 0 Å². The molecule has 0 aromatic carbocycles. The molecule has 0 amide bonds. The quantitative estimate of drug-likeness (QED) is 0.724. The van der Waals surface area contributed by atoms with E-state index < -0.39 is 0 Å². The van der Waals surface area contributed by atoms with Crippen molar-refractivity contribution in [3.63, 3.8) is 0 Å². The molecule has 1 nitrogen and oxygen atoms in total. The Balaban J connectivity index is 2.05. The van der Waals surface area contributed by atoms with Gasteiger partial charge in [-0.1, -0.05) is 52.9 Å². The van der Waals surface area contributed by atoms with E-state index in [0.717, 1.165) is 17.9 Å². The molecule has 0 aliphatic heterocycles. The summed E-state index contributed by atoms with van der Waals surface area (Å²) >= 11 is 0. The van der Waals surface area contributed by atoms with Crippen LogP contribution in [0.4, 0.5) is 0 Å². The van der Waals surface area contributed by atoms with Gasteiger partial charge in [-0.3, -0.25) is 0 Å². The predicted molar refractivity (Wildman–Crippen MR) is 84.4 cm³/mol. The highest BCUT2D eigenvalue weighted by molar-refractivity contribution is 4.95. The summed E-state index contributed by atoms with van der Waals surface area (Å²) in [5.41, 5.74) is 0.579. The second kappa shape index (κ2) is 7.11. The van der Waals surface area contributed by atoms with Crippen LogP contribution in [0.25, 0.3) is 0 Å². The van der Waals surface area contributed by atoms with E-state index in [2.05, 4.69) is 26.1 Å². The van der Waals surface area contributed by atoms with Gasteiger partial charge in [0, 0.05) is 6.04 Å². The van der Waals surface area contributed by atoms with E-state index in [-0.39, 0.29) is 0 Å². The molecule has 2 rings (SSSR count). The van der Waals surface area contributed by atoms with Crippen molar-refractivity contribution in [3.8, 4) is 0 Å². The summed E-state index contributed by atoms with van der Waals surface area (Å²) in [6, 6.07) is 0.787. The van der Waals surface area contributed by atoms with Gasteiger partial charge in [0.05, 0.1) is 0 Å². The number of hydrogen-bond donors (Lipinski definition) is 1. The third kappa shape index (κ3) is 3.97. The average molecular weight is 265 g/mol. The molecule has 2 fully saturated rings. The Kier molecular flexibility index (Phi) is 5.74. The molecule has 3 atom stereocenters. The average Bonchev–Trinajstić information content (AvgIpc) is 2.40. The molecule has 0 bridgehead atoms. The third-order valence-electron chi connectivity index (χ3n) is 5.81. The number of hydrogen-bond acceptors (Lipinski definition) is 1. The van der Waals surface area contributed by atoms with E-state index in [1.54, 1.807) is 0 Å². The highest BCUT2D eigenvalue weighted by atomic mass is 14.9.